The first-order chi connectivity index (χ1) is 4.83. The zero-order chi connectivity index (χ0) is 7.40. The van der Waals surface area contributed by atoms with Gasteiger partial charge in [0.15, 0.2) is 0 Å². The average Bonchev–Trinajstić information content (AvgIpc) is 2.31. The van der Waals surface area contributed by atoms with Gasteiger partial charge in [-0.3, -0.25) is 0 Å². The number of hydrogen-bond donors (Lipinski definition) is 2. The summed E-state index contributed by atoms with van der Waals surface area (Å²) in [6.07, 6.45) is 0.908. The smallest absolute Gasteiger partial charge is 0.203 e. The third kappa shape index (κ3) is 1.93. The largest absolute Gasteiger partial charge is 0.374 e. The molecule has 4 nitrogen and oxygen atoms in total. The molecule has 0 radical (unpaired) electrons. The van der Waals surface area contributed by atoms with E-state index < -0.39 is 0 Å². The second-order valence-electron chi connectivity index (χ2n) is 1.89. The van der Waals surface area contributed by atoms with Crippen molar-refractivity contribution in [2.45, 2.75) is 6.42 Å². The molecule has 1 aromatic heterocycles. The van der Waals surface area contributed by atoms with Gasteiger partial charge in [-0.15, -0.1) is 10.2 Å². The van der Waals surface area contributed by atoms with Gasteiger partial charge >= 0.3 is 0 Å². The highest BCUT2D eigenvalue weighted by molar-refractivity contribution is 7.15. The van der Waals surface area contributed by atoms with Crippen molar-refractivity contribution in [3.63, 3.8) is 0 Å². The molecule has 1 aromatic rings. The third-order valence-electron chi connectivity index (χ3n) is 1.07. The lowest BCUT2D eigenvalue weighted by atomic mass is 10.4. The predicted octanol–water partition coefficient (Wildman–Crippen LogP) is -0.118. The molecular weight excluding hydrogens is 148 g/mol. The van der Waals surface area contributed by atoms with Gasteiger partial charge in [-0.05, 0) is 7.05 Å². The van der Waals surface area contributed by atoms with E-state index in [1.54, 1.807) is 0 Å². The van der Waals surface area contributed by atoms with Crippen molar-refractivity contribution in [1.29, 1.82) is 0 Å². The van der Waals surface area contributed by atoms with E-state index in [9.17, 15) is 0 Å². The van der Waals surface area contributed by atoms with Crippen molar-refractivity contribution in [3.05, 3.63) is 5.01 Å². The molecule has 0 saturated heterocycles. The van der Waals surface area contributed by atoms with Crippen molar-refractivity contribution >= 4 is 16.5 Å². The highest BCUT2D eigenvalue weighted by Crippen LogP contribution is 2.10. The average molecular weight is 158 g/mol. The van der Waals surface area contributed by atoms with E-state index in [1.165, 1.54) is 11.3 Å². The predicted molar refractivity (Wildman–Crippen MR) is 42.0 cm³/mol. The van der Waals surface area contributed by atoms with E-state index in [2.05, 4.69) is 15.5 Å². The van der Waals surface area contributed by atoms with Gasteiger partial charge in [0.1, 0.15) is 5.01 Å². The molecule has 5 heteroatoms. The fraction of sp³-hybridized carbons (Fsp3) is 0.600. The standard InChI is InChI=1S/C5H10N4S/c1-7-3-2-4-8-9-5(6)10-4/h7H,2-3H2,1H3,(H2,6,9). The van der Waals surface area contributed by atoms with Crippen LogP contribution >= 0.6 is 11.3 Å². The Balaban J connectivity index is 2.42. The maximum atomic E-state index is 5.37. The molecule has 10 heavy (non-hydrogen) atoms. The van der Waals surface area contributed by atoms with Crippen LogP contribution in [0.1, 0.15) is 5.01 Å². The Kier molecular flexibility index (Phi) is 2.58. The number of aromatic nitrogens is 2. The topological polar surface area (TPSA) is 63.8 Å². The van der Waals surface area contributed by atoms with Crippen LogP contribution in [0, 0.1) is 0 Å². The maximum Gasteiger partial charge on any atom is 0.203 e. The molecule has 3 N–H and O–H groups in total. The van der Waals surface area contributed by atoms with Gasteiger partial charge < -0.3 is 11.1 Å². The Morgan fingerprint density at radius 3 is 2.90 bits per heavy atom. The highest BCUT2D eigenvalue weighted by atomic mass is 32.1. The van der Waals surface area contributed by atoms with Gasteiger partial charge in [-0.25, -0.2) is 0 Å². The lowest BCUT2D eigenvalue weighted by Crippen LogP contribution is -2.09. The summed E-state index contributed by atoms with van der Waals surface area (Å²) in [7, 11) is 1.91. The van der Waals surface area contributed by atoms with Gasteiger partial charge in [0, 0.05) is 13.0 Å². The summed E-state index contributed by atoms with van der Waals surface area (Å²) in [6, 6.07) is 0. The maximum absolute atomic E-state index is 5.37. The SMILES string of the molecule is CNCCc1nnc(N)s1. The fourth-order valence-electron chi connectivity index (χ4n) is 0.600. The molecule has 0 unspecified atom stereocenters. The minimum absolute atomic E-state index is 0.547. The van der Waals surface area contributed by atoms with Crippen LogP contribution in [-0.4, -0.2) is 23.8 Å². The molecule has 0 atom stereocenters. The lowest BCUT2D eigenvalue weighted by Gasteiger charge is -1.90. The minimum atomic E-state index is 0.547. The first-order valence-electron chi connectivity index (χ1n) is 3.05. The number of nitrogens with two attached hydrogens (primary N) is 1. The Morgan fingerprint density at radius 1 is 1.60 bits per heavy atom. The summed E-state index contributed by atoms with van der Waals surface area (Å²) in [5.41, 5.74) is 5.37. The lowest BCUT2D eigenvalue weighted by molar-refractivity contribution is 0.779. The van der Waals surface area contributed by atoms with Crippen LogP contribution in [0.15, 0.2) is 0 Å². The summed E-state index contributed by atoms with van der Waals surface area (Å²) in [6.45, 7) is 0.925. The quantitative estimate of drug-likeness (QED) is 0.644. The van der Waals surface area contributed by atoms with Gasteiger partial charge in [0.2, 0.25) is 5.13 Å². The first-order valence-corrected chi connectivity index (χ1v) is 3.87. The number of nitrogen functional groups attached to an aromatic ring is 1. The molecular formula is C5H10N4S. The number of rotatable bonds is 3. The van der Waals surface area contributed by atoms with Gasteiger partial charge in [0.05, 0.1) is 0 Å². The van der Waals surface area contributed by atoms with Crippen molar-refractivity contribution < 1.29 is 0 Å². The number of nitrogens with zero attached hydrogens (tertiary/aromatic N) is 2. The fourth-order valence-corrected chi connectivity index (χ4v) is 1.21. The summed E-state index contributed by atoms with van der Waals surface area (Å²) in [5.74, 6) is 0. The van der Waals surface area contributed by atoms with Crippen LogP contribution in [0.4, 0.5) is 5.13 Å². The molecule has 0 bridgehead atoms. The number of hydrogen-bond acceptors (Lipinski definition) is 5. The molecule has 1 heterocycles. The van der Waals surface area contributed by atoms with E-state index in [1.807, 2.05) is 7.05 Å². The molecule has 56 valence electrons. The monoisotopic (exact) mass is 158 g/mol. The molecule has 0 fully saturated rings. The molecule has 0 aromatic carbocycles. The van der Waals surface area contributed by atoms with Crippen LogP contribution < -0.4 is 11.1 Å². The van der Waals surface area contributed by atoms with Crippen LogP contribution in [0.5, 0.6) is 0 Å². The number of likely N-dealkylation sites (N-methyl/N-ethyl adjacent to an activating group) is 1. The normalized spacial score (nSPS) is 10.1. The summed E-state index contributed by atoms with van der Waals surface area (Å²) < 4.78 is 0. The summed E-state index contributed by atoms with van der Waals surface area (Å²) in [4.78, 5) is 0. The molecule has 1 rings (SSSR count). The second-order valence-corrected chi connectivity index (χ2v) is 2.98. The molecule has 0 amide bonds. The van der Waals surface area contributed by atoms with Gasteiger partial charge in [0.25, 0.3) is 0 Å². The molecule has 0 spiro atoms. The van der Waals surface area contributed by atoms with Crippen molar-refractivity contribution in [2.24, 2.45) is 0 Å². The third-order valence-corrected chi connectivity index (χ3v) is 1.88. The summed E-state index contributed by atoms with van der Waals surface area (Å²) in [5, 5.41) is 12.1. The first kappa shape index (κ1) is 7.43. The van der Waals surface area contributed by atoms with Crippen molar-refractivity contribution in [2.75, 3.05) is 19.3 Å². The van der Waals surface area contributed by atoms with Crippen molar-refractivity contribution in [1.82, 2.24) is 15.5 Å². The van der Waals surface area contributed by atoms with Gasteiger partial charge in [-0.2, -0.15) is 0 Å². The van der Waals surface area contributed by atoms with Gasteiger partial charge in [-0.1, -0.05) is 11.3 Å². The Labute approximate surface area is 63.5 Å². The van der Waals surface area contributed by atoms with E-state index in [0.29, 0.717) is 5.13 Å². The van der Waals surface area contributed by atoms with Crippen LogP contribution in [0.25, 0.3) is 0 Å². The second kappa shape index (κ2) is 3.48. The van der Waals surface area contributed by atoms with Crippen LogP contribution in [0.3, 0.4) is 0 Å². The highest BCUT2D eigenvalue weighted by Gasteiger charge is 1.97. The summed E-state index contributed by atoms with van der Waals surface area (Å²) >= 11 is 1.44. The van der Waals surface area contributed by atoms with Crippen LogP contribution in [-0.2, 0) is 6.42 Å². The van der Waals surface area contributed by atoms with E-state index in [0.717, 1.165) is 18.0 Å². The Hall–Kier alpha value is -0.680. The van der Waals surface area contributed by atoms with E-state index in [-0.39, 0.29) is 0 Å². The van der Waals surface area contributed by atoms with Crippen molar-refractivity contribution in [3.8, 4) is 0 Å². The van der Waals surface area contributed by atoms with Crippen LogP contribution in [0.2, 0.25) is 0 Å². The van der Waals surface area contributed by atoms with E-state index >= 15 is 0 Å². The zero-order valence-electron chi connectivity index (χ0n) is 5.79. The molecule has 0 saturated carbocycles. The molecule has 0 aliphatic carbocycles. The zero-order valence-corrected chi connectivity index (χ0v) is 6.61. The minimum Gasteiger partial charge on any atom is -0.374 e. The van der Waals surface area contributed by atoms with E-state index in [4.69, 9.17) is 5.73 Å². The molecule has 0 aliphatic heterocycles. The molecule has 0 aliphatic rings. The number of anilines is 1. The Morgan fingerprint density at radius 2 is 2.40 bits per heavy atom. The Bertz CT molecular complexity index is 197. The number of nitrogens with one attached hydrogen (secondary N) is 1.